The molecule has 0 fully saturated rings. The van der Waals surface area contributed by atoms with Crippen molar-refractivity contribution in [3.63, 3.8) is 0 Å². The molecule has 1 nitrogen and oxygen atoms in total. The van der Waals surface area contributed by atoms with Gasteiger partial charge in [-0.2, -0.15) is 13.2 Å². The van der Waals surface area contributed by atoms with Crippen molar-refractivity contribution < 1.29 is 13.2 Å². The molecule has 0 spiro atoms. The molecule has 0 radical (unpaired) electrons. The Morgan fingerprint density at radius 2 is 1.52 bits per heavy atom. The second-order valence-electron chi connectivity index (χ2n) is 5.94. The third-order valence-electron chi connectivity index (χ3n) is 3.53. The van der Waals surface area contributed by atoms with E-state index in [4.69, 9.17) is 0 Å². The molecular formula is C22H36F3NS. The number of aliphatic imine (C=N–C) groups is 1. The summed E-state index contributed by atoms with van der Waals surface area (Å²) in [5, 5.41) is 0. The van der Waals surface area contributed by atoms with Crippen molar-refractivity contribution in [2.75, 3.05) is 7.05 Å². The van der Waals surface area contributed by atoms with Gasteiger partial charge in [0.1, 0.15) is 0 Å². The SMILES string of the molecule is C=C(C)c1ccc(C(/C=C(\C)C(F)(F)F)=NC)s1.CC.CCCCCCC. The maximum Gasteiger partial charge on any atom is 0.412 e. The molecule has 1 heterocycles. The molecule has 0 saturated carbocycles. The van der Waals surface area contributed by atoms with Crippen molar-refractivity contribution in [3.8, 4) is 0 Å². The summed E-state index contributed by atoms with van der Waals surface area (Å²) in [6.45, 7) is 15.2. The summed E-state index contributed by atoms with van der Waals surface area (Å²) in [4.78, 5) is 5.56. The van der Waals surface area contributed by atoms with Crippen LogP contribution in [0.5, 0.6) is 0 Å². The molecular weight excluding hydrogens is 367 g/mol. The Morgan fingerprint density at radius 3 is 1.85 bits per heavy atom. The molecule has 0 aliphatic heterocycles. The van der Waals surface area contributed by atoms with Gasteiger partial charge in [-0.05, 0) is 37.6 Å². The van der Waals surface area contributed by atoms with E-state index in [1.54, 1.807) is 6.07 Å². The second-order valence-corrected chi connectivity index (χ2v) is 7.02. The third kappa shape index (κ3) is 12.6. The van der Waals surface area contributed by atoms with Gasteiger partial charge < -0.3 is 0 Å². The summed E-state index contributed by atoms with van der Waals surface area (Å²) in [5.74, 6) is 0. The Hall–Kier alpha value is -1.36. The molecule has 0 atom stereocenters. The maximum atomic E-state index is 12.5. The van der Waals surface area contributed by atoms with Gasteiger partial charge in [0.15, 0.2) is 0 Å². The Labute approximate surface area is 168 Å². The number of rotatable bonds is 7. The van der Waals surface area contributed by atoms with Gasteiger partial charge in [-0.15, -0.1) is 11.3 Å². The lowest BCUT2D eigenvalue weighted by molar-refractivity contribution is -0.0912. The Balaban J connectivity index is 0. The summed E-state index contributed by atoms with van der Waals surface area (Å²) < 4.78 is 37.4. The molecule has 0 bridgehead atoms. The molecule has 0 amide bonds. The van der Waals surface area contributed by atoms with Gasteiger partial charge in [0, 0.05) is 17.5 Å². The lowest BCUT2D eigenvalue weighted by atomic mass is 10.2. The van der Waals surface area contributed by atoms with Crippen LogP contribution in [-0.2, 0) is 0 Å². The van der Waals surface area contributed by atoms with E-state index in [0.29, 0.717) is 10.6 Å². The summed E-state index contributed by atoms with van der Waals surface area (Å²) in [6, 6.07) is 3.60. The van der Waals surface area contributed by atoms with Crippen LogP contribution in [0.2, 0.25) is 0 Å². The Bertz CT molecular complexity index is 577. The zero-order chi connectivity index (χ0) is 21.5. The molecule has 0 aliphatic carbocycles. The molecule has 0 aliphatic rings. The van der Waals surface area contributed by atoms with Crippen molar-refractivity contribution in [1.29, 1.82) is 0 Å². The largest absolute Gasteiger partial charge is 0.412 e. The van der Waals surface area contributed by atoms with E-state index in [0.717, 1.165) is 23.5 Å². The van der Waals surface area contributed by atoms with Gasteiger partial charge in [0.2, 0.25) is 0 Å². The number of allylic oxidation sites excluding steroid dienone is 3. The maximum absolute atomic E-state index is 12.5. The predicted octanol–water partition coefficient (Wildman–Crippen LogP) is 8.71. The predicted molar refractivity (Wildman–Crippen MR) is 117 cm³/mol. The first-order valence-electron chi connectivity index (χ1n) is 9.65. The zero-order valence-electron chi connectivity index (χ0n) is 18.0. The van der Waals surface area contributed by atoms with Gasteiger partial charge in [-0.1, -0.05) is 66.4 Å². The van der Waals surface area contributed by atoms with Gasteiger partial charge >= 0.3 is 6.18 Å². The highest BCUT2D eigenvalue weighted by Gasteiger charge is 2.30. The fraction of sp³-hybridized carbons (Fsp3) is 0.591. The van der Waals surface area contributed by atoms with Crippen LogP contribution >= 0.6 is 11.3 Å². The van der Waals surface area contributed by atoms with E-state index in [-0.39, 0.29) is 0 Å². The summed E-state index contributed by atoms with van der Waals surface area (Å²) in [5.41, 5.74) is 0.564. The molecule has 1 aromatic heterocycles. The number of nitrogens with zero attached hydrogens (tertiary/aromatic N) is 1. The van der Waals surface area contributed by atoms with E-state index in [2.05, 4.69) is 25.4 Å². The highest BCUT2D eigenvalue weighted by Crippen LogP contribution is 2.27. The monoisotopic (exact) mass is 403 g/mol. The van der Waals surface area contributed by atoms with Crippen LogP contribution in [0.4, 0.5) is 13.2 Å². The van der Waals surface area contributed by atoms with E-state index in [9.17, 15) is 13.2 Å². The van der Waals surface area contributed by atoms with Crippen molar-refractivity contribution in [2.24, 2.45) is 4.99 Å². The highest BCUT2D eigenvalue weighted by molar-refractivity contribution is 7.15. The lowest BCUT2D eigenvalue weighted by Gasteiger charge is -2.06. The van der Waals surface area contributed by atoms with Gasteiger partial charge in [-0.3, -0.25) is 4.99 Å². The van der Waals surface area contributed by atoms with Gasteiger partial charge in [-0.25, -0.2) is 0 Å². The topological polar surface area (TPSA) is 12.4 Å². The normalized spacial score (nSPS) is 11.9. The van der Waals surface area contributed by atoms with Crippen LogP contribution < -0.4 is 0 Å². The van der Waals surface area contributed by atoms with Crippen LogP contribution in [0.25, 0.3) is 5.57 Å². The summed E-state index contributed by atoms with van der Waals surface area (Å²) >= 11 is 1.38. The van der Waals surface area contributed by atoms with E-state index >= 15 is 0 Å². The molecule has 0 saturated heterocycles. The number of thiophene rings is 1. The van der Waals surface area contributed by atoms with E-state index < -0.39 is 11.7 Å². The molecule has 0 unspecified atom stereocenters. The fourth-order valence-corrected chi connectivity index (χ4v) is 2.85. The van der Waals surface area contributed by atoms with Gasteiger partial charge in [0.05, 0.1) is 10.6 Å². The molecule has 1 rings (SSSR count). The fourth-order valence-electron chi connectivity index (χ4n) is 1.91. The Morgan fingerprint density at radius 1 is 1.04 bits per heavy atom. The van der Waals surface area contributed by atoms with Crippen LogP contribution in [0.3, 0.4) is 0 Å². The van der Waals surface area contributed by atoms with E-state index in [1.807, 2.05) is 26.8 Å². The summed E-state index contributed by atoms with van der Waals surface area (Å²) in [7, 11) is 1.48. The third-order valence-corrected chi connectivity index (χ3v) is 4.80. The molecule has 0 N–H and O–H groups in total. The molecule has 5 heteroatoms. The molecule has 0 aromatic carbocycles. The van der Waals surface area contributed by atoms with E-state index in [1.165, 1.54) is 50.5 Å². The highest BCUT2D eigenvalue weighted by atomic mass is 32.1. The van der Waals surface area contributed by atoms with Crippen molar-refractivity contribution in [1.82, 2.24) is 0 Å². The zero-order valence-corrected chi connectivity index (χ0v) is 18.8. The molecule has 27 heavy (non-hydrogen) atoms. The first-order valence-corrected chi connectivity index (χ1v) is 10.5. The van der Waals surface area contributed by atoms with Crippen LogP contribution in [0, 0.1) is 0 Å². The van der Waals surface area contributed by atoms with Gasteiger partial charge in [0.25, 0.3) is 0 Å². The second kappa shape index (κ2) is 15.7. The van der Waals surface area contributed by atoms with Crippen LogP contribution in [0.15, 0.2) is 35.4 Å². The molecule has 1 aromatic rings. The first-order chi connectivity index (χ1) is 12.7. The Kier molecular flexibility index (Phi) is 16.2. The van der Waals surface area contributed by atoms with Crippen LogP contribution in [0.1, 0.15) is 83.4 Å². The van der Waals surface area contributed by atoms with Crippen molar-refractivity contribution in [2.45, 2.75) is 79.8 Å². The number of alkyl halides is 3. The lowest BCUT2D eigenvalue weighted by Crippen LogP contribution is -2.11. The van der Waals surface area contributed by atoms with Crippen molar-refractivity contribution in [3.05, 3.63) is 40.1 Å². The standard InChI is InChI=1S/C13H14F3NS.C7H16.C2H6/c1-8(2)11-5-6-12(18-11)10(17-4)7-9(3)13(14,15)16;1-3-5-7-6-4-2;1-2/h5-7H,1H2,2-4H3;3-7H2,1-2H3;1-2H3/b9-7+,17-10?;;. The minimum Gasteiger partial charge on any atom is -0.287 e. The molecule has 156 valence electrons. The number of unbranched alkanes of at least 4 members (excludes halogenated alkanes) is 4. The number of hydrogen-bond acceptors (Lipinski definition) is 2. The minimum atomic E-state index is -4.32. The quantitative estimate of drug-likeness (QED) is 0.319. The number of halogens is 3. The summed E-state index contributed by atoms with van der Waals surface area (Å²) in [6.07, 6.45) is 3.76. The average molecular weight is 404 g/mol. The smallest absolute Gasteiger partial charge is 0.287 e. The minimum absolute atomic E-state index is 0.335. The van der Waals surface area contributed by atoms with Crippen molar-refractivity contribution >= 4 is 22.6 Å². The number of hydrogen-bond donors (Lipinski definition) is 0. The average Bonchev–Trinajstić information content (AvgIpc) is 3.11. The first kappa shape index (κ1) is 27.9. The van der Waals surface area contributed by atoms with Crippen LogP contribution in [-0.4, -0.2) is 18.9 Å².